The van der Waals surface area contributed by atoms with Gasteiger partial charge in [0.2, 0.25) is 0 Å². The SMILES string of the molecule is CCNC1CCCCCCC1N(C)CC1CCC1. The highest BCUT2D eigenvalue weighted by atomic mass is 15.2. The summed E-state index contributed by atoms with van der Waals surface area (Å²) in [6.45, 7) is 4.72. The summed E-state index contributed by atoms with van der Waals surface area (Å²) in [6.07, 6.45) is 13.0. The molecular formula is C16H32N2. The van der Waals surface area contributed by atoms with Gasteiger partial charge in [0.1, 0.15) is 0 Å². The van der Waals surface area contributed by atoms with Crippen LogP contribution in [0.1, 0.15) is 64.7 Å². The van der Waals surface area contributed by atoms with Crippen molar-refractivity contribution in [2.45, 2.75) is 76.8 Å². The Kier molecular flexibility index (Phi) is 5.97. The molecule has 18 heavy (non-hydrogen) atoms. The van der Waals surface area contributed by atoms with Gasteiger partial charge in [-0.2, -0.15) is 0 Å². The predicted octanol–water partition coefficient (Wildman–Crippen LogP) is 3.42. The van der Waals surface area contributed by atoms with E-state index in [1.807, 2.05) is 0 Å². The van der Waals surface area contributed by atoms with E-state index in [1.54, 1.807) is 0 Å². The number of nitrogens with zero attached hydrogens (tertiary/aromatic N) is 1. The third-order valence-corrected chi connectivity index (χ3v) is 5.03. The lowest BCUT2D eigenvalue weighted by molar-refractivity contribution is 0.119. The maximum atomic E-state index is 3.75. The van der Waals surface area contributed by atoms with Crippen LogP contribution in [0.3, 0.4) is 0 Å². The second-order valence-electron chi connectivity index (χ2n) is 6.46. The van der Waals surface area contributed by atoms with Crippen molar-refractivity contribution in [2.24, 2.45) is 5.92 Å². The first-order valence-electron chi connectivity index (χ1n) is 8.25. The minimum absolute atomic E-state index is 0.736. The molecule has 0 amide bonds. The van der Waals surface area contributed by atoms with E-state index in [0.717, 1.165) is 24.5 Å². The van der Waals surface area contributed by atoms with Gasteiger partial charge < -0.3 is 10.2 Å². The maximum Gasteiger partial charge on any atom is 0.0246 e. The van der Waals surface area contributed by atoms with Gasteiger partial charge in [-0.15, -0.1) is 0 Å². The summed E-state index contributed by atoms with van der Waals surface area (Å²) in [5.74, 6) is 1.00. The van der Waals surface area contributed by atoms with E-state index < -0.39 is 0 Å². The van der Waals surface area contributed by atoms with Crippen LogP contribution in [-0.2, 0) is 0 Å². The summed E-state index contributed by atoms with van der Waals surface area (Å²) in [7, 11) is 2.37. The Morgan fingerprint density at radius 2 is 1.67 bits per heavy atom. The summed E-state index contributed by atoms with van der Waals surface area (Å²) in [6, 6.07) is 1.52. The number of hydrogen-bond donors (Lipinski definition) is 1. The quantitative estimate of drug-likeness (QED) is 0.806. The number of hydrogen-bond acceptors (Lipinski definition) is 2. The van der Waals surface area contributed by atoms with Crippen molar-refractivity contribution in [3.8, 4) is 0 Å². The van der Waals surface area contributed by atoms with Crippen LogP contribution in [0.25, 0.3) is 0 Å². The molecule has 2 nitrogen and oxygen atoms in total. The predicted molar refractivity (Wildman–Crippen MR) is 78.9 cm³/mol. The molecule has 0 aromatic rings. The average molecular weight is 252 g/mol. The molecule has 1 N–H and O–H groups in total. The Bertz CT molecular complexity index is 225. The Hall–Kier alpha value is -0.0800. The zero-order chi connectivity index (χ0) is 12.8. The van der Waals surface area contributed by atoms with Gasteiger partial charge in [0.05, 0.1) is 0 Å². The molecular weight excluding hydrogens is 220 g/mol. The molecule has 2 rings (SSSR count). The maximum absolute atomic E-state index is 3.75. The monoisotopic (exact) mass is 252 g/mol. The van der Waals surface area contributed by atoms with Crippen molar-refractivity contribution in [1.29, 1.82) is 0 Å². The number of rotatable bonds is 5. The van der Waals surface area contributed by atoms with Crippen molar-refractivity contribution in [3.63, 3.8) is 0 Å². The zero-order valence-corrected chi connectivity index (χ0v) is 12.5. The molecule has 0 bridgehead atoms. The Labute approximate surface area is 114 Å². The molecule has 2 unspecified atom stereocenters. The second-order valence-corrected chi connectivity index (χ2v) is 6.46. The molecule has 2 atom stereocenters. The van der Waals surface area contributed by atoms with Crippen molar-refractivity contribution in [2.75, 3.05) is 20.1 Å². The second kappa shape index (κ2) is 7.49. The minimum atomic E-state index is 0.736. The normalized spacial score (nSPS) is 30.8. The van der Waals surface area contributed by atoms with Crippen molar-refractivity contribution >= 4 is 0 Å². The minimum Gasteiger partial charge on any atom is -0.313 e. The molecule has 0 radical (unpaired) electrons. The van der Waals surface area contributed by atoms with E-state index in [9.17, 15) is 0 Å². The lowest BCUT2D eigenvalue weighted by atomic mass is 9.84. The number of likely N-dealkylation sites (N-methyl/N-ethyl adjacent to an activating group) is 2. The first-order valence-corrected chi connectivity index (χ1v) is 8.25. The van der Waals surface area contributed by atoms with Gasteiger partial charge >= 0.3 is 0 Å². The van der Waals surface area contributed by atoms with Gasteiger partial charge in [-0.3, -0.25) is 0 Å². The van der Waals surface area contributed by atoms with Crippen LogP contribution in [0.2, 0.25) is 0 Å². The summed E-state index contributed by atoms with van der Waals surface area (Å²) in [5, 5.41) is 3.75. The highest BCUT2D eigenvalue weighted by Crippen LogP contribution is 2.29. The topological polar surface area (TPSA) is 15.3 Å². The lowest BCUT2D eigenvalue weighted by Gasteiger charge is -2.40. The molecule has 0 spiro atoms. The van der Waals surface area contributed by atoms with Gasteiger partial charge in [0, 0.05) is 18.6 Å². The van der Waals surface area contributed by atoms with E-state index in [1.165, 1.54) is 64.3 Å². The number of nitrogens with one attached hydrogen (secondary N) is 1. The fourth-order valence-electron chi connectivity index (χ4n) is 3.71. The summed E-state index contributed by atoms with van der Waals surface area (Å²) >= 11 is 0. The Morgan fingerprint density at radius 3 is 2.28 bits per heavy atom. The molecule has 0 aliphatic heterocycles. The lowest BCUT2D eigenvalue weighted by Crippen LogP contribution is -2.50. The van der Waals surface area contributed by atoms with Gasteiger partial charge in [-0.1, -0.05) is 39.0 Å². The van der Waals surface area contributed by atoms with Crippen LogP contribution in [0.15, 0.2) is 0 Å². The zero-order valence-electron chi connectivity index (χ0n) is 12.5. The van der Waals surface area contributed by atoms with E-state index >= 15 is 0 Å². The molecule has 0 saturated heterocycles. The first-order chi connectivity index (χ1) is 8.81. The molecule has 2 aliphatic carbocycles. The van der Waals surface area contributed by atoms with Gasteiger partial charge in [0.15, 0.2) is 0 Å². The van der Waals surface area contributed by atoms with E-state index in [0.29, 0.717) is 0 Å². The smallest absolute Gasteiger partial charge is 0.0246 e. The van der Waals surface area contributed by atoms with Crippen molar-refractivity contribution in [3.05, 3.63) is 0 Å². The molecule has 0 aromatic carbocycles. The van der Waals surface area contributed by atoms with E-state index in [4.69, 9.17) is 0 Å². The van der Waals surface area contributed by atoms with Gasteiger partial charge in [-0.05, 0) is 45.2 Å². The third kappa shape index (κ3) is 3.96. The van der Waals surface area contributed by atoms with Crippen molar-refractivity contribution < 1.29 is 0 Å². The van der Waals surface area contributed by atoms with Crippen LogP contribution in [-0.4, -0.2) is 37.1 Å². The highest BCUT2D eigenvalue weighted by Gasteiger charge is 2.28. The molecule has 106 valence electrons. The fourth-order valence-corrected chi connectivity index (χ4v) is 3.71. The summed E-state index contributed by atoms with van der Waals surface area (Å²) in [5.41, 5.74) is 0. The standard InChI is InChI=1S/C16H32N2/c1-3-17-15-11-6-4-5-7-12-16(15)18(2)13-14-9-8-10-14/h14-17H,3-13H2,1-2H3. The molecule has 2 fully saturated rings. The first kappa shape index (κ1) is 14.3. The van der Waals surface area contributed by atoms with E-state index in [2.05, 4.69) is 24.2 Å². The third-order valence-electron chi connectivity index (χ3n) is 5.03. The summed E-state index contributed by atoms with van der Waals surface area (Å²) in [4.78, 5) is 2.68. The van der Waals surface area contributed by atoms with E-state index in [-0.39, 0.29) is 0 Å². The Balaban J connectivity index is 1.88. The molecule has 0 aromatic heterocycles. The largest absolute Gasteiger partial charge is 0.313 e. The van der Waals surface area contributed by atoms with Gasteiger partial charge in [-0.25, -0.2) is 0 Å². The summed E-state index contributed by atoms with van der Waals surface area (Å²) < 4.78 is 0. The molecule has 2 saturated carbocycles. The average Bonchev–Trinajstić information content (AvgIpc) is 2.27. The highest BCUT2D eigenvalue weighted by molar-refractivity contribution is 4.86. The van der Waals surface area contributed by atoms with Crippen molar-refractivity contribution in [1.82, 2.24) is 10.2 Å². The van der Waals surface area contributed by atoms with Crippen LogP contribution >= 0.6 is 0 Å². The molecule has 2 heteroatoms. The van der Waals surface area contributed by atoms with Crippen LogP contribution in [0, 0.1) is 5.92 Å². The van der Waals surface area contributed by atoms with Crippen LogP contribution in [0.4, 0.5) is 0 Å². The van der Waals surface area contributed by atoms with Crippen LogP contribution < -0.4 is 5.32 Å². The fraction of sp³-hybridized carbons (Fsp3) is 1.00. The molecule has 2 aliphatic rings. The van der Waals surface area contributed by atoms with Gasteiger partial charge in [0.25, 0.3) is 0 Å². The molecule has 0 heterocycles. The Morgan fingerprint density at radius 1 is 0.944 bits per heavy atom. The van der Waals surface area contributed by atoms with Crippen LogP contribution in [0.5, 0.6) is 0 Å².